The average Bonchev–Trinajstić information content (AvgIpc) is 2.96. The summed E-state index contributed by atoms with van der Waals surface area (Å²) in [7, 11) is 1.54. The van der Waals surface area contributed by atoms with E-state index in [9.17, 15) is 14.7 Å². The first-order valence-electron chi connectivity index (χ1n) is 8.47. The molecule has 0 spiro atoms. The monoisotopic (exact) mass is 493 g/mol. The van der Waals surface area contributed by atoms with Gasteiger partial charge in [0.05, 0.1) is 34.3 Å². The van der Waals surface area contributed by atoms with E-state index < -0.39 is 5.97 Å². The van der Waals surface area contributed by atoms with Gasteiger partial charge < -0.3 is 14.6 Å². The van der Waals surface area contributed by atoms with Gasteiger partial charge in [-0.2, -0.15) is 0 Å². The molecule has 1 saturated heterocycles. The van der Waals surface area contributed by atoms with Gasteiger partial charge in [0.25, 0.3) is 5.91 Å². The third kappa shape index (κ3) is 4.47. The fraction of sp³-hybridized carbons (Fsp3) is 0.150. The number of hydrogen-bond donors (Lipinski definition) is 1. The number of hydrogen-bond acceptors (Lipinski definition) is 6. The van der Waals surface area contributed by atoms with Crippen molar-refractivity contribution in [3.05, 3.63) is 56.9 Å². The van der Waals surface area contributed by atoms with Crippen molar-refractivity contribution in [3.8, 4) is 11.5 Å². The van der Waals surface area contributed by atoms with Crippen molar-refractivity contribution in [1.29, 1.82) is 0 Å². The number of aromatic carboxylic acids is 1. The zero-order chi connectivity index (χ0) is 21.1. The summed E-state index contributed by atoms with van der Waals surface area (Å²) in [4.78, 5) is 25.9. The van der Waals surface area contributed by atoms with E-state index in [1.54, 1.807) is 31.4 Å². The zero-order valence-corrected chi connectivity index (χ0v) is 18.7. The largest absolute Gasteiger partial charge is 0.493 e. The van der Waals surface area contributed by atoms with Gasteiger partial charge in [0.2, 0.25) is 0 Å². The van der Waals surface area contributed by atoms with Crippen LogP contribution in [-0.2, 0) is 4.79 Å². The molecule has 150 valence electrons. The Labute approximate surface area is 185 Å². The number of rotatable bonds is 6. The highest BCUT2D eigenvalue weighted by atomic mass is 79.9. The summed E-state index contributed by atoms with van der Waals surface area (Å²) >= 11 is 9.98. The van der Waals surface area contributed by atoms with Gasteiger partial charge in [0, 0.05) is 0 Å². The van der Waals surface area contributed by atoms with Crippen molar-refractivity contribution in [1.82, 2.24) is 0 Å². The number of thiocarbonyl (C=S) groups is 1. The number of carboxylic acids is 1. The van der Waals surface area contributed by atoms with Crippen LogP contribution in [0.15, 0.2) is 45.8 Å². The van der Waals surface area contributed by atoms with E-state index in [0.29, 0.717) is 37.5 Å². The maximum atomic E-state index is 12.9. The lowest BCUT2D eigenvalue weighted by atomic mass is 10.1. The number of carbonyl (C=O) groups excluding carboxylic acids is 1. The molecular formula is C20H16BrNO5S2. The zero-order valence-electron chi connectivity index (χ0n) is 15.5. The number of carboxylic acid groups (broad SMARTS) is 1. The molecule has 29 heavy (non-hydrogen) atoms. The molecule has 2 aromatic rings. The Balaban J connectivity index is 1.95. The molecule has 3 rings (SSSR count). The van der Waals surface area contributed by atoms with E-state index in [4.69, 9.17) is 21.7 Å². The Morgan fingerprint density at radius 3 is 2.76 bits per heavy atom. The molecule has 2 aromatic carbocycles. The lowest BCUT2D eigenvalue weighted by molar-refractivity contribution is -0.113. The van der Waals surface area contributed by atoms with Gasteiger partial charge >= 0.3 is 5.97 Å². The fourth-order valence-corrected chi connectivity index (χ4v) is 4.60. The second kappa shape index (κ2) is 8.98. The van der Waals surface area contributed by atoms with E-state index in [-0.39, 0.29) is 11.5 Å². The van der Waals surface area contributed by atoms with Crippen molar-refractivity contribution in [2.75, 3.05) is 18.6 Å². The number of amides is 1. The summed E-state index contributed by atoms with van der Waals surface area (Å²) in [6, 6.07) is 9.71. The normalized spacial score (nSPS) is 15.1. The van der Waals surface area contributed by atoms with Crippen LogP contribution in [0.5, 0.6) is 11.5 Å². The molecule has 1 heterocycles. The van der Waals surface area contributed by atoms with E-state index in [1.165, 1.54) is 17.0 Å². The van der Waals surface area contributed by atoms with Crippen molar-refractivity contribution in [2.45, 2.75) is 6.92 Å². The second-order valence-electron chi connectivity index (χ2n) is 5.84. The third-order valence-corrected chi connectivity index (χ3v) is 5.87. The van der Waals surface area contributed by atoms with Gasteiger partial charge in [-0.25, -0.2) is 4.79 Å². The smallest absolute Gasteiger partial charge is 0.335 e. The van der Waals surface area contributed by atoms with Crippen LogP contribution in [0.3, 0.4) is 0 Å². The highest BCUT2D eigenvalue weighted by molar-refractivity contribution is 9.10. The van der Waals surface area contributed by atoms with Crippen LogP contribution in [-0.4, -0.2) is 35.0 Å². The Hall–Kier alpha value is -2.36. The topological polar surface area (TPSA) is 76.1 Å². The first kappa shape index (κ1) is 21.4. The number of nitrogens with zero attached hydrogens (tertiary/aromatic N) is 1. The van der Waals surface area contributed by atoms with Crippen LogP contribution in [0.4, 0.5) is 5.69 Å². The van der Waals surface area contributed by atoms with E-state index in [1.807, 2.05) is 13.0 Å². The molecule has 0 saturated carbocycles. The number of methoxy groups -OCH3 is 1. The maximum absolute atomic E-state index is 12.9. The molecule has 0 bridgehead atoms. The molecule has 0 unspecified atom stereocenters. The minimum Gasteiger partial charge on any atom is -0.493 e. The Bertz CT molecular complexity index is 1040. The molecule has 1 fully saturated rings. The first-order chi connectivity index (χ1) is 13.8. The summed E-state index contributed by atoms with van der Waals surface area (Å²) in [5, 5.41) is 9.19. The van der Waals surface area contributed by atoms with Crippen molar-refractivity contribution in [3.63, 3.8) is 0 Å². The van der Waals surface area contributed by atoms with Crippen LogP contribution in [0.2, 0.25) is 0 Å². The van der Waals surface area contributed by atoms with Gasteiger partial charge in [-0.1, -0.05) is 30.0 Å². The van der Waals surface area contributed by atoms with Crippen LogP contribution in [0.1, 0.15) is 22.8 Å². The number of ether oxygens (including phenoxy) is 2. The van der Waals surface area contributed by atoms with Gasteiger partial charge in [0.1, 0.15) is 0 Å². The van der Waals surface area contributed by atoms with Crippen LogP contribution in [0.25, 0.3) is 6.08 Å². The standard InChI is InChI=1S/C20H16BrNO5S2/c1-3-27-17-14(21)7-11(8-15(17)26-2)9-16-18(23)22(20(28)29-16)13-6-4-5-12(10-13)19(24)25/h4-10H,3H2,1-2H3,(H,24,25). The highest BCUT2D eigenvalue weighted by Crippen LogP contribution is 2.40. The van der Waals surface area contributed by atoms with Crippen molar-refractivity contribution < 1.29 is 24.2 Å². The van der Waals surface area contributed by atoms with Gasteiger partial charge in [-0.05, 0) is 64.8 Å². The summed E-state index contributed by atoms with van der Waals surface area (Å²) in [6.45, 7) is 2.37. The summed E-state index contributed by atoms with van der Waals surface area (Å²) in [5.41, 5.74) is 1.24. The molecule has 0 atom stereocenters. The molecule has 1 N–H and O–H groups in total. The molecule has 1 amide bonds. The molecular weight excluding hydrogens is 478 g/mol. The Morgan fingerprint density at radius 1 is 1.34 bits per heavy atom. The van der Waals surface area contributed by atoms with E-state index >= 15 is 0 Å². The average molecular weight is 494 g/mol. The first-order valence-corrected chi connectivity index (χ1v) is 10.5. The van der Waals surface area contributed by atoms with Crippen LogP contribution in [0, 0.1) is 0 Å². The SMILES string of the molecule is CCOc1c(Br)cc(C=C2SC(=S)N(c3cccc(C(=O)O)c3)C2=O)cc1OC. The van der Waals surface area contributed by atoms with E-state index in [0.717, 1.165) is 17.3 Å². The lowest BCUT2D eigenvalue weighted by Crippen LogP contribution is -2.27. The van der Waals surface area contributed by atoms with E-state index in [2.05, 4.69) is 15.9 Å². The molecule has 6 nitrogen and oxygen atoms in total. The maximum Gasteiger partial charge on any atom is 0.335 e. The van der Waals surface area contributed by atoms with Crippen LogP contribution < -0.4 is 14.4 Å². The summed E-state index contributed by atoms with van der Waals surface area (Å²) in [5.74, 6) is -0.257. The van der Waals surface area contributed by atoms with Gasteiger partial charge in [0.15, 0.2) is 15.8 Å². The van der Waals surface area contributed by atoms with Gasteiger partial charge in [-0.3, -0.25) is 9.69 Å². The quantitative estimate of drug-likeness (QED) is 0.450. The molecule has 0 aromatic heterocycles. The number of anilines is 1. The minimum atomic E-state index is -1.07. The third-order valence-electron chi connectivity index (χ3n) is 3.98. The fourth-order valence-electron chi connectivity index (χ4n) is 2.73. The number of benzene rings is 2. The predicted octanol–water partition coefficient (Wildman–Crippen LogP) is 4.96. The summed E-state index contributed by atoms with van der Waals surface area (Å²) in [6.07, 6.45) is 1.71. The number of thioether (sulfide) groups is 1. The number of carbonyl (C=O) groups is 2. The second-order valence-corrected chi connectivity index (χ2v) is 8.37. The Morgan fingerprint density at radius 2 is 2.10 bits per heavy atom. The minimum absolute atomic E-state index is 0.0840. The predicted molar refractivity (Wildman–Crippen MR) is 121 cm³/mol. The molecule has 1 aliphatic rings. The Kier molecular flexibility index (Phi) is 6.61. The molecule has 1 aliphatic heterocycles. The van der Waals surface area contributed by atoms with Gasteiger partial charge in [-0.15, -0.1) is 0 Å². The van der Waals surface area contributed by atoms with Crippen molar-refractivity contribution >= 4 is 67.9 Å². The summed E-state index contributed by atoms with van der Waals surface area (Å²) < 4.78 is 12.0. The molecule has 0 radical (unpaired) electrons. The van der Waals surface area contributed by atoms with Crippen molar-refractivity contribution in [2.24, 2.45) is 0 Å². The lowest BCUT2D eigenvalue weighted by Gasteiger charge is -2.15. The highest BCUT2D eigenvalue weighted by Gasteiger charge is 2.33. The van der Waals surface area contributed by atoms with Crippen LogP contribution >= 0.6 is 39.9 Å². The molecule has 0 aliphatic carbocycles. The molecule has 9 heteroatoms. The number of halogens is 1.